The van der Waals surface area contributed by atoms with Gasteiger partial charge in [-0.05, 0) is 31.2 Å². The first-order valence-electron chi connectivity index (χ1n) is 8.52. The quantitative estimate of drug-likeness (QED) is 0.448. The molecule has 0 fully saturated rings. The largest absolute Gasteiger partial charge is 0.496 e. The van der Waals surface area contributed by atoms with Crippen molar-refractivity contribution in [3.05, 3.63) is 56.5 Å². The van der Waals surface area contributed by atoms with Crippen LogP contribution in [0.4, 0.5) is 5.69 Å². The van der Waals surface area contributed by atoms with Gasteiger partial charge >= 0.3 is 0 Å². The molecule has 1 unspecified atom stereocenters. The number of ether oxygens (including phenoxy) is 4. The van der Waals surface area contributed by atoms with E-state index in [4.69, 9.17) is 18.9 Å². The molecule has 0 aliphatic carbocycles. The molecule has 0 N–H and O–H groups in total. The summed E-state index contributed by atoms with van der Waals surface area (Å²) < 4.78 is 33.6. The maximum atomic E-state index is 12.6. The standard InChI is InChI=1S/C20H23NO7S/c1-13-17(25-2)7-6-14(20(13)28-5)8-9-29(24)12-15-10-18(26-3)19(27-4)11-16(15)21(22)23/h6-11H,12H2,1-5H3/b9-8+. The second-order valence-corrected chi connectivity index (χ2v) is 7.26. The smallest absolute Gasteiger partial charge is 0.277 e. The van der Waals surface area contributed by atoms with Crippen LogP contribution in [0.3, 0.4) is 0 Å². The summed E-state index contributed by atoms with van der Waals surface area (Å²) in [4.78, 5) is 10.9. The summed E-state index contributed by atoms with van der Waals surface area (Å²) in [6.07, 6.45) is 1.66. The highest BCUT2D eigenvalue weighted by Crippen LogP contribution is 2.35. The number of rotatable bonds is 9. The van der Waals surface area contributed by atoms with Crippen molar-refractivity contribution >= 4 is 22.6 Å². The van der Waals surface area contributed by atoms with Gasteiger partial charge in [-0.15, -0.1) is 0 Å². The molecule has 0 heterocycles. The second kappa shape index (κ2) is 9.92. The normalized spacial score (nSPS) is 11.9. The third-order valence-electron chi connectivity index (χ3n) is 4.29. The molecule has 0 saturated heterocycles. The van der Waals surface area contributed by atoms with Crippen molar-refractivity contribution in [3.8, 4) is 23.0 Å². The molecular weight excluding hydrogens is 398 g/mol. The van der Waals surface area contributed by atoms with Gasteiger partial charge in [0.1, 0.15) is 11.5 Å². The summed E-state index contributed by atoms with van der Waals surface area (Å²) in [6, 6.07) is 6.32. The van der Waals surface area contributed by atoms with Gasteiger partial charge in [0.15, 0.2) is 11.5 Å². The van der Waals surface area contributed by atoms with Gasteiger partial charge in [-0.2, -0.15) is 0 Å². The first kappa shape index (κ1) is 22.2. The van der Waals surface area contributed by atoms with Crippen LogP contribution in [-0.2, 0) is 16.6 Å². The summed E-state index contributed by atoms with van der Waals surface area (Å²) in [5, 5.41) is 12.9. The van der Waals surface area contributed by atoms with Crippen LogP contribution in [0.5, 0.6) is 23.0 Å². The molecule has 8 nitrogen and oxygen atoms in total. The van der Waals surface area contributed by atoms with Crippen molar-refractivity contribution in [1.82, 2.24) is 0 Å². The Morgan fingerprint density at radius 3 is 2.17 bits per heavy atom. The Hall–Kier alpha value is -3.07. The van der Waals surface area contributed by atoms with E-state index in [9.17, 15) is 14.3 Å². The van der Waals surface area contributed by atoms with Crippen LogP contribution in [0.25, 0.3) is 6.08 Å². The molecule has 0 spiro atoms. The summed E-state index contributed by atoms with van der Waals surface area (Å²) in [5.74, 6) is 1.81. The van der Waals surface area contributed by atoms with Crippen molar-refractivity contribution in [1.29, 1.82) is 0 Å². The zero-order chi connectivity index (χ0) is 21.6. The van der Waals surface area contributed by atoms with Crippen molar-refractivity contribution < 1.29 is 28.1 Å². The molecule has 29 heavy (non-hydrogen) atoms. The van der Waals surface area contributed by atoms with Gasteiger partial charge < -0.3 is 18.9 Å². The number of hydrogen-bond acceptors (Lipinski definition) is 7. The minimum atomic E-state index is -1.51. The Kier molecular flexibility index (Phi) is 7.60. The first-order valence-corrected chi connectivity index (χ1v) is 9.90. The summed E-state index contributed by atoms with van der Waals surface area (Å²) in [5.41, 5.74) is 1.65. The topological polar surface area (TPSA) is 97.1 Å². The lowest BCUT2D eigenvalue weighted by Gasteiger charge is -2.12. The van der Waals surface area contributed by atoms with Crippen LogP contribution in [0.15, 0.2) is 29.7 Å². The van der Waals surface area contributed by atoms with E-state index in [1.165, 1.54) is 31.8 Å². The van der Waals surface area contributed by atoms with Crippen molar-refractivity contribution in [2.24, 2.45) is 0 Å². The van der Waals surface area contributed by atoms with Crippen LogP contribution < -0.4 is 18.9 Å². The molecule has 0 saturated carbocycles. The van der Waals surface area contributed by atoms with Gasteiger partial charge in [0, 0.05) is 22.1 Å². The molecule has 1 atom stereocenters. The number of benzene rings is 2. The van der Waals surface area contributed by atoms with Crippen molar-refractivity contribution in [2.75, 3.05) is 28.4 Å². The summed E-state index contributed by atoms with van der Waals surface area (Å²) in [6.45, 7) is 1.86. The van der Waals surface area contributed by atoms with Gasteiger partial charge in [0.05, 0.1) is 56.0 Å². The maximum absolute atomic E-state index is 12.6. The van der Waals surface area contributed by atoms with E-state index in [2.05, 4.69) is 0 Å². The molecule has 0 radical (unpaired) electrons. The molecule has 156 valence electrons. The highest BCUT2D eigenvalue weighted by atomic mass is 32.2. The molecule has 0 amide bonds. The summed E-state index contributed by atoms with van der Waals surface area (Å²) >= 11 is 0. The molecule has 2 aromatic rings. The lowest BCUT2D eigenvalue weighted by atomic mass is 10.1. The number of nitrogens with zero attached hydrogens (tertiary/aromatic N) is 1. The second-order valence-electron chi connectivity index (χ2n) is 5.94. The molecule has 0 aromatic heterocycles. The molecule has 0 aliphatic heterocycles. The van der Waals surface area contributed by atoms with Gasteiger partial charge in [0.2, 0.25) is 0 Å². The SMILES string of the molecule is COc1cc(CS(=O)/C=C/c2ccc(OC)c(C)c2OC)c([N+](=O)[O-])cc1OC. The molecule has 2 aromatic carbocycles. The predicted octanol–water partition coefficient (Wildman–Crippen LogP) is 3.86. The highest BCUT2D eigenvalue weighted by Gasteiger charge is 2.20. The van der Waals surface area contributed by atoms with E-state index >= 15 is 0 Å². The van der Waals surface area contributed by atoms with Crippen molar-refractivity contribution in [2.45, 2.75) is 12.7 Å². The summed E-state index contributed by atoms with van der Waals surface area (Å²) in [7, 11) is 4.44. The van der Waals surface area contributed by atoms with Gasteiger partial charge in [-0.25, -0.2) is 0 Å². The molecule has 0 bridgehead atoms. The molecule has 2 rings (SSSR count). The van der Waals surface area contributed by atoms with Gasteiger partial charge in [0.25, 0.3) is 5.69 Å². The fourth-order valence-electron chi connectivity index (χ4n) is 2.86. The molecular formula is C20H23NO7S. The minimum Gasteiger partial charge on any atom is -0.496 e. The van der Waals surface area contributed by atoms with Crippen LogP contribution in [0, 0.1) is 17.0 Å². The third-order valence-corrected chi connectivity index (χ3v) is 5.32. The third kappa shape index (κ3) is 5.05. The minimum absolute atomic E-state index is 0.0510. The van der Waals surface area contributed by atoms with Crippen molar-refractivity contribution in [3.63, 3.8) is 0 Å². The Bertz CT molecular complexity index is 956. The van der Waals surface area contributed by atoms with Crippen LogP contribution in [0.2, 0.25) is 0 Å². The number of methoxy groups -OCH3 is 4. The Balaban J connectivity index is 2.32. The van der Waals surface area contributed by atoms with Crippen LogP contribution >= 0.6 is 0 Å². The zero-order valence-electron chi connectivity index (χ0n) is 16.9. The van der Waals surface area contributed by atoms with Gasteiger partial charge in [-0.1, -0.05) is 0 Å². The van der Waals surface area contributed by atoms with E-state index in [1.54, 1.807) is 32.4 Å². The Morgan fingerprint density at radius 2 is 1.62 bits per heavy atom. The molecule has 0 aliphatic rings. The highest BCUT2D eigenvalue weighted by molar-refractivity contribution is 7.87. The van der Waals surface area contributed by atoms with E-state index in [-0.39, 0.29) is 22.8 Å². The lowest BCUT2D eigenvalue weighted by Crippen LogP contribution is -2.01. The zero-order valence-corrected chi connectivity index (χ0v) is 17.7. The lowest BCUT2D eigenvalue weighted by molar-refractivity contribution is -0.385. The van der Waals surface area contributed by atoms with E-state index in [1.807, 2.05) is 6.92 Å². The van der Waals surface area contributed by atoms with E-state index in [0.29, 0.717) is 17.2 Å². The molecule has 9 heteroatoms. The van der Waals surface area contributed by atoms with E-state index in [0.717, 1.165) is 11.1 Å². The van der Waals surface area contributed by atoms with E-state index < -0.39 is 15.7 Å². The fraction of sp³-hybridized carbons (Fsp3) is 0.300. The Labute approximate surface area is 171 Å². The van der Waals surface area contributed by atoms with Gasteiger partial charge in [-0.3, -0.25) is 14.3 Å². The van der Waals surface area contributed by atoms with Crippen LogP contribution in [0.1, 0.15) is 16.7 Å². The number of nitro groups is 1. The average molecular weight is 421 g/mol. The first-order chi connectivity index (χ1) is 13.9. The number of nitro benzene ring substituents is 1. The fourth-order valence-corrected chi connectivity index (χ4v) is 3.80. The van der Waals surface area contributed by atoms with Crippen LogP contribution in [-0.4, -0.2) is 37.6 Å². The average Bonchev–Trinajstić information content (AvgIpc) is 2.71. The predicted molar refractivity (Wildman–Crippen MR) is 111 cm³/mol. The number of hydrogen-bond donors (Lipinski definition) is 0. The monoisotopic (exact) mass is 421 g/mol. The Morgan fingerprint density at radius 1 is 1.00 bits per heavy atom. The maximum Gasteiger partial charge on any atom is 0.277 e.